The quantitative estimate of drug-likeness (QED) is 0.550. The van der Waals surface area contributed by atoms with E-state index >= 15 is 0 Å². The Balaban J connectivity index is 2.81. The second-order valence-electron chi connectivity index (χ2n) is 4.97. The van der Waals surface area contributed by atoms with E-state index in [9.17, 15) is 4.79 Å². The Bertz CT molecular complexity index is 368. The normalized spacial score (nSPS) is 18.2. The molecule has 98 valence electrons. The van der Waals surface area contributed by atoms with Crippen molar-refractivity contribution in [1.82, 2.24) is 4.90 Å². The molecule has 1 rings (SSSR count). The molecule has 0 N–H and O–H groups in total. The number of carbonyl (C=O) groups excluding carboxylic acids is 1. The molecule has 2 heteroatoms. The van der Waals surface area contributed by atoms with Crippen LogP contribution in [0.3, 0.4) is 0 Å². The van der Waals surface area contributed by atoms with E-state index in [2.05, 4.69) is 25.0 Å². The first-order chi connectivity index (χ1) is 8.64. The van der Waals surface area contributed by atoms with Crippen LogP contribution in [-0.4, -0.2) is 23.9 Å². The molecule has 18 heavy (non-hydrogen) atoms. The number of allylic oxidation sites excluding steroid dienone is 2. The van der Waals surface area contributed by atoms with Gasteiger partial charge in [0.15, 0.2) is 0 Å². The third-order valence-electron chi connectivity index (χ3n) is 3.28. The zero-order valence-corrected chi connectivity index (χ0v) is 11.4. The number of hydrogen-bond acceptors (Lipinski definition) is 1. The van der Waals surface area contributed by atoms with Crippen molar-refractivity contribution in [3.63, 3.8) is 0 Å². The lowest BCUT2D eigenvalue weighted by Crippen LogP contribution is -2.44. The molecule has 1 aliphatic heterocycles. The van der Waals surface area contributed by atoms with E-state index in [4.69, 9.17) is 0 Å². The molecular formula is C16H23NO. The highest BCUT2D eigenvalue weighted by Gasteiger charge is 2.34. The Morgan fingerprint density at radius 1 is 1.28 bits per heavy atom. The van der Waals surface area contributed by atoms with Gasteiger partial charge in [-0.25, -0.2) is 0 Å². The van der Waals surface area contributed by atoms with E-state index in [0.29, 0.717) is 12.8 Å². The van der Waals surface area contributed by atoms with Crippen LogP contribution >= 0.6 is 0 Å². The van der Waals surface area contributed by atoms with Crippen molar-refractivity contribution < 1.29 is 4.79 Å². The van der Waals surface area contributed by atoms with Gasteiger partial charge in [-0.05, 0) is 32.6 Å². The molecule has 0 spiro atoms. The Hall–Kier alpha value is -1.49. The molecule has 0 aromatic heterocycles. The molecule has 0 aliphatic carbocycles. The van der Waals surface area contributed by atoms with Crippen LogP contribution in [0.5, 0.6) is 0 Å². The van der Waals surface area contributed by atoms with Crippen LogP contribution in [0.2, 0.25) is 0 Å². The molecule has 2 nitrogen and oxygen atoms in total. The highest BCUT2D eigenvalue weighted by Crippen LogP contribution is 2.26. The minimum Gasteiger partial charge on any atom is -0.341 e. The zero-order valence-electron chi connectivity index (χ0n) is 11.4. The summed E-state index contributed by atoms with van der Waals surface area (Å²) in [4.78, 5) is 14.5. The first-order valence-corrected chi connectivity index (χ1v) is 6.65. The third kappa shape index (κ3) is 3.77. The Kier molecular flexibility index (Phi) is 5.71. The first kappa shape index (κ1) is 14.6. The van der Waals surface area contributed by atoms with Crippen LogP contribution in [0.4, 0.5) is 0 Å². The van der Waals surface area contributed by atoms with Crippen molar-refractivity contribution in [2.24, 2.45) is 5.41 Å². The first-order valence-electron chi connectivity index (χ1n) is 6.65. The number of hydrogen-bond donors (Lipinski definition) is 0. The Morgan fingerprint density at radius 2 is 1.94 bits per heavy atom. The van der Waals surface area contributed by atoms with Gasteiger partial charge in [-0.2, -0.15) is 0 Å². The highest BCUT2D eigenvalue weighted by atomic mass is 16.2. The van der Waals surface area contributed by atoms with E-state index < -0.39 is 5.41 Å². The highest BCUT2D eigenvalue weighted by molar-refractivity contribution is 5.85. The van der Waals surface area contributed by atoms with Gasteiger partial charge in [0, 0.05) is 19.5 Å². The fraction of sp³-hybridized carbons (Fsp3) is 0.562. The molecule has 0 radical (unpaired) electrons. The Labute approximate surface area is 111 Å². The van der Waals surface area contributed by atoms with Crippen LogP contribution in [0.25, 0.3) is 0 Å². The third-order valence-corrected chi connectivity index (χ3v) is 3.28. The molecule has 1 unspecified atom stereocenters. The number of piperidine rings is 1. The van der Waals surface area contributed by atoms with Gasteiger partial charge >= 0.3 is 0 Å². The van der Waals surface area contributed by atoms with Gasteiger partial charge in [-0.15, -0.1) is 13.2 Å². The number of amides is 1. The maximum Gasteiger partial charge on any atom is 0.240 e. The summed E-state index contributed by atoms with van der Waals surface area (Å²) < 4.78 is 0. The van der Waals surface area contributed by atoms with Crippen molar-refractivity contribution in [2.75, 3.05) is 13.1 Å². The molecule has 1 heterocycles. The summed E-state index contributed by atoms with van der Waals surface area (Å²) in [6, 6.07) is 0. The summed E-state index contributed by atoms with van der Waals surface area (Å²) in [6.07, 6.45) is 8.21. The van der Waals surface area contributed by atoms with E-state index in [-0.39, 0.29) is 5.91 Å². The number of likely N-dealkylation sites (tertiary alicyclic amines) is 1. The second kappa shape index (κ2) is 7.06. The number of nitrogens with zero attached hydrogens (tertiary/aromatic N) is 1. The van der Waals surface area contributed by atoms with Crippen LogP contribution in [0, 0.1) is 17.3 Å². The van der Waals surface area contributed by atoms with Gasteiger partial charge in [0.2, 0.25) is 5.91 Å². The average Bonchev–Trinajstić information content (AvgIpc) is 2.39. The molecule has 1 amide bonds. The summed E-state index contributed by atoms with van der Waals surface area (Å²) in [6.45, 7) is 11.0. The van der Waals surface area contributed by atoms with Crippen molar-refractivity contribution >= 4 is 5.91 Å². The topological polar surface area (TPSA) is 20.3 Å². The summed E-state index contributed by atoms with van der Waals surface area (Å²) in [5.41, 5.74) is -0.623. The van der Waals surface area contributed by atoms with Gasteiger partial charge in [-0.3, -0.25) is 4.79 Å². The number of rotatable bonds is 4. The van der Waals surface area contributed by atoms with Gasteiger partial charge < -0.3 is 4.90 Å². The van der Waals surface area contributed by atoms with Gasteiger partial charge in [0.1, 0.15) is 5.41 Å². The standard InChI is InChI=1S/C16H23NO/c1-4-6-8-12-16(3,11-5-2)15(18)17-13-9-7-10-14-17/h4-5H,1-2,6-7,9-11,13-14H2,3H3. The Morgan fingerprint density at radius 3 is 2.50 bits per heavy atom. The molecule has 0 aromatic rings. The van der Waals surface area contributed by atoms with Crippen LogP contribution < -0.4 is 0 Å². The summed E-state index contributed by atoms with van der Waals surface area (Å²) in [5, 5.41) is 0. The monoisotopic (exact) mass is 245 g/mol. The lowest BCUT2D eigenvalue weighted by Gasteiger charge is -2.33. The summed E-state index contributed by atoms with van der Waals surface area (Å²) in [7, 11) is 0. The van der Waals surface area contributed by atoms with Crippen molar-refractivity contribution in [1.29, 1.82) is 0 Å². The van der Waals surface area contributed by atoms with Crippen molar-refractivity contribution in [3.05, 3.63) is 25.3 Å². The smallest absolute Gasteiger partial charge is 0.240 e. The maximum atomic E-state index is 12.6. The van der Waals surface area contributed by atoms with Gasteiger partial charge in [0.25, 0.3) is 0 Å². The van der Waals surface area contributed by atoms with Crippen molar-refractivity contribution in [2.45, 2.75) is 39.0 Å². The van der Waals surface area contributed by atoms with Crippen LogP contribution in [0.15, 0.2) is 25.3 Å². The average molecular weight is 245 g/mol. The second-order valence-corrected chi connectivity index (χ2v) is 4.97. The minimum absolute atomic E-state index is 0.152. The number of carbonyl (C=O) groups is 1. The zero-order chi connectivity index (χ0) is 13.4. The lowest BCUT2D eigenvalue weighted by atomic mass is 9.85. The molecule has 0 saturated carbocycles. The van der Waals surface area contributed by atoms with Crippen LogP contribution in [-0.2, 0) is 4.79 Å². The molecule has 1 atom stereocenters. The molecular weight excluding hydrogens is 222 g/mol. The molecule has 0 aromatic carbocycles. The summed E-state index contributed by atoms with van der Waals surface area (Å²) >= 11 is 0. The van der Waals surface area contributed by atoms with E-state index in [1.54, 1.807) is 12.2 Å². The fourth-order valence-corrected chi connectivity index (χ4v) is 2.24. The van der Waals surface area contributed by atoms with E-state index in [1.165, 1.54) is 6.42 Å². The van der Waals surface area contributed by atoms with E-state index in [0.717, 1.165) is 25.9 Å². The molecule has 1 saturated heterocycles. The van der Waals surface area contributed by atoms with E-state index in [1.807, 2.05) is 11.8 Å². The fourth-order valence-electron chi connectivity index (χ4n) is 2.24. The molecule has 0 bridgehead atoms. The van der Waals surface area contributed by atoms with Crippen LogP contribution in [0.1, 0.15) is 39.0 Å². The van der Waals surface area contributed by atoms with Gasteiger partial charge in [0.05, 0.1) is 0 Å². The molecule has 1 aliphatic rings. The van der Waals surface area contributed by atoms with Crippen molar-refractivity contribution in [3.8, 4) is 11.8 Å². The molecule has 1 fully saturated rings. The SMILES string of the molecule is C=CCC#CC(C)(CC=C)C(=O)N1CCCCC1. The predicted molar refractivity (Wildman–Crippen MR) is 75.9 cm³/mol. The van der Waals surface area contributed by atoms with Gasteiger partial charge in [-0.1, -0.05) is 24.0 Å². The lowest BCUT2D eigenvalue weighted by molar-refractivity contribution is -0.139. The predicted octanol–water partition coefficient (Wildman–Crippen LogP) is 3.16. The largest absolute Gasteiger partial charge is 0.341 e. The maximum absolute atomic E-state index is 12.6. The minimum atomic E-state index is -0.623. The summed E-state index contributed by atoms with van der Waals surface area (Å²) in [5.74, 6) is 6.28.